The van der Waals surface area contributed by atoms with E-state index in [0.717, 1.165) is 23.0 Å². The number of carbonyl (C=O) groups is 1. The van der Waals surface area contributed by atoms with Crippen molar-refractivity contribution in [3.63, 3.8) is 0 Å². The van der Waals surface area contributed by atoms with Crippen LogP contribution in [0.2, 0.25) is 0 Å². The molecule has 0 fully saturated rings. The van der Waals surface area contributed by atoms with Gasteiger partial charge in [-0.05, 0) is 37.2 Å². The van der Waals surface area contributed by atoms with Crippen LogP contribution >= 0.6 is 28.1 Å². The summed E-state index contributed by atoms with van der Waals surface area (Å²) < 4.78 is 5.95. The van der Waals surface area contributed by atoms with Gasteiger partial charge in [-0.2, -0.15) is 0 Å². The van der Waals surface area contributed by atoms with Crippen LogP contribution in [0.25, 0.3) is 0 Å². The lowest BCUT2D eigenvalue weighted by Crippen LogP contribution is -2.46. The SMILES string of the molecule is COc1cc(Br)cc(C2NC(=S)NC3=C2C(=O)CCC3)c1O. The van der Waals surface area contributed by atoms with Crippen LogP contribution in [-0.2, 0) is 4.79 Å². The lowest BCUT2D eigenvalue weighted by atomic mass is 9.85. The number of allylic oxidation sites excluding steroid dienone is 1. The van der Waals surface area contributed by atoms with Crippen LogP contribution in [0.5, 0.6) is 11.5 Å². The van der Waals surface area contributed by atoms with Gasteiger partial charge in [-0.1, -0.05) is 15.9 Å². The minimum Gasteiger partial charge on any atom is -0.504 e. The monoisotopic (exact) mass is 382 g/mol. The molecule has 1 unspecified atom stereocenters. The molecule has 0 aromatic heterocycles. The molecule has 3 rings (SSSR count). The molecule has 5 nitrogen and oxygen atoms in total. The number of nitrogens with one attached hydrogen (secondary N) is 2. The van der Waals surface area contributed by atoms with Crippen molar-refractivity contribution >= 4 is 39.0 Å². The number of rotatable bonds is 2. The normalized spacial score (nSPS) is 21.1. The Hall–Kier alpha value is -1.60. The van der Waals surface area contributed by atoms with Crippen molar-refractivity contribution in [1.29, 1.82) is 0 Å². The number of hydrogen-bond donors (Lipinski definition) is 3. The van der Waals surface area contributed by atoms with Crippen molar-refractivity contribution in [1.82, 2.24) is 10.6 Å². The van der Waals surface area contributed by atoms with E-state index >= 15 is 0 Å². The van der Waals surface area contributed by atoms with Gasteiger partial charge in [0.05, 0.1) is 13.2 Å². The van der Waals surface area contributed by atoms with E-state index in [0.29, 0.717) is 28.4 Å². The fourth-order valence-corrected chi connectivity index (χ4v) is 3.60. The summed E-state index contributed by atoms with van der Waals surface area (Å²) in [6, 6.07) is 2.98. The molecule has 1 aliphatic heterocycles. The molecule has 0 saturated heterocycles. The maximum absolute atomic E-state index is 12.4. The van der Waals surface area contributed by atoms with Crippen LogP contribution in [-0.4, -0.2) is 23.1 Å². The number of ketones is 1. The number of ether oxygens (including phenoxy) is 1. The van der Waals surface area contributed by atoms with Crippen molar-refractivity contribution in [3.05, 3.63) is 33.4 Å². The van der Waals surface area contributed by atoms with Crippen molar-refractivity contribution < 1.29 is 14.6 Å². The lowest BCUT2D eigenvalue weighted by Gasteiger charge is -2.34. The summed E-state index contributed by atoms with van der Waals surface area (Å²) in [5.74, 6) is 0.436. The summed E-state index contributed by atoms with van der Waals surface area (Å²) in [6.07, 6.45) is 2.11. The van der Waals surface area contributed by atoms with E-state index in [-0.39, 0.29) is 11.5 Å². The van der Waals surface area contributed by atoms with Gasteiger partial charge in [0.2, 0.25) is 0 Å². The smallest absolute Gasteiger partial charge is 0.171 e. The second kappa shape index (κ2) is 5.89. The Balaban J connectivity index is 2.16. The van der Waals surface area contributed by atoms with E-state index in [1.165, 1.54) is 7.11 Å². The number of Topliss-reactive ketones (excluding diaryl/α,β-unsaturated/α-hetero) is 1. The largest absolute Gasteiger partial charge is 0.504 e. The van der Waals surface area contributed by atoms with Gasteiger partial charge in [-0.15, -0.1) is 0 Å². The number of methoxy groups -OCH3 is 1. The number of phenols is 1. The predicted octanol–water partition coefficient (Wildman–Crippen LogP) is 2.69. The van der Waals surface area contributed by atoms with Gasteiger partial charge in [-0.25, -0.2) is 0 Å². The van der Waals surface area contributed by atoms with Crippen LogP contribution in [0.4, 0.5) is 0 Å². The number of aromatic hydroxyl groups is 1. The van der Waals surface area contributed by atoms with Gasteiger partial charge in [0, 0.05) is 27.7 Å². The van der Waals surface area contributed by atoms with E-state index in [2.05, 4.69) is 26.6 Å². The molecule has 7 heteroatoms. The molecular weight excluding hydrogens is 368 g/mol. The Bertz CT molecular complexity index is 702. The Labute approximate surface area is 141 Å². The highest BCUT2D eigenvalue weighted by Gasteiger charge is 2.35. The molecule has 1 heterocycles. The highest BCUT2D eigenvalue weighted by Crippen LogP contribution is 2.42. The van der Waals surface area contributed by atoms with Gasteiger partial charge in [0.15, 0.2) is 22.4 Å². The molecular formula is C15H15BrN2O3S. The van der Waals surface area contributed by atoms with Crippen LogP contribution in [0, 0.1) is 0 Å². The Kier molecular flexibility index (Phi) is 4.10. The predicted molar refractivity (Wildman–Crippen MR) is 89.9 cm³/mol. The van der Waals surface area contributed by atoms with Gasteiger partial charge >= 0.3 is 0 Å². The van der Waals surface area contributed by atoms with Crippen molar-refractivity contribution in [3.8, 4) is 11.5 Å². The van der Waals surface area contributed by atoms with E-state index in [1.807, 2.05) is 0 Å². The third kappa shape index (κ3) is 2.59. The van der Waals surface area contributed by atoms with Crippen molar-refractivity contribution in [2.24, 2.45) is 0 Å². The van der Waals surface area contributed by atoms with E-state index in [9.17, 15) is 9.90 Å². The van der Waals surface area contributed by atoms with E-state index in [4.69, 9.17) is 17.0 Å². The molecule has 0 spiro atoms. The first kappa shape index (κ1) is 15.3. The summed E-state index contributed by atoms with van der Waals surface area (Å²) in [5.41, 5.74) is 2.07. The van der Waals surface area contributed by atoms with Crippen LogP contribution in [0.15, 0.2) is 27.9 Å². The van der Waals surface area contributed by atoms with E-state index in [1.54, 1.807) is 12.1 Å². The number of benzene rings is 1. The minimum atomic E-state index is -0.469. The first-order valence-electron chi connectivity index (χ1n) is 6.91. The standard InChI is InChI=1S/C15H15BrN2O3S/c1-21-11-6-7(16)5-8(14(11)20)13-12-9(17-15(22)18-13)3-2-4-10(12)19/h5-6,13,20H,2-4H2,1H3,(H2,17,18,22). The molecule has 1 atom stereocenters. The van der Waals surface area contributed by atoms with Crippen molar-refractivity contribution in [2.75, 3.05) is 7.11 Å². The Morgan fingerprint density at radius 2 is 2.18 bits per heavy atom. The Morgan fingerprint density at radius 3 is 2.91 bits per heavy atom. The second-order valence-corrected chi connectivity index (χ2v) is 6.57. The molecule has 22 heavy (non-hydrogen) atoms. The third-order valence-corrected chi connectivity index (χ3v) is 4.56. The van der Waals surface area contributed by atoms with Crippen LogP contribution in [0.3, 0.4) is 0 Å². The molecule has 3 N–H and O–H groups in total. The summed E-state index contributed by atoms with van der Waals surface area (Å²) in [5, 5.41) is 17.1. The molecule has 1 aromatic carbocycles. The maximum atomic E-state index is 12.4. The van der Waals surface area contributed by atoms with Crippen molar-refractivity contribution in [2.45, 2.75) is 25.3 Å². The number of thiocarbonyl (C=S) groups is 1. The summed E-state index contributed by atoms with van der Waals surface area (Å²) in [7, 11) is 1.49. The highest BCUT2D eigenvalue weighted by molar-refractivity contribution is 9.10. The molecule has 0 amide bonds. The fraction of sp³-hybridized carbons (Fsp3) is 0.333. The lowest BCUT2D eigenvalue weighted by molar-refractivity contribution is -0.116. The first-order valence-corrected chi connectivity index (χ1v) is 8.11. The summed E-state index contributed by atoms with van der Waals surface area (Å²) >= 11 is 8.64. The minimum absolute atomic E-state index is 0.0122. The molecule has 0 saturated carbocycles. The molecule has 0 radical (unpaired) electrons. The first-order chi connectivity index (χ1) is 10.5. The van der Waals surface area contributed by atoms with Gasteiger partial charge in [0.25, 0.3) is 0 Å². The second-order valence-electron chi connectivity index (χ2n) is 5.25. The molecule has 1 aromatic rings. The highest BCUT2D eigenvalue weighted by atomic mass is 79.9. The quantitative estimate of drug-likeness (QED) is 0.683. The van der Waals surface area contributed by atoms with Gasteiger partial charge < -0.3 is 20.5 Å². The summed E-state index contributed by atoms with van der Waals surface area (Å²) in [4.78, 5) is 12.4. The zero-order valence-electron chi connectivity index (χ0n) is 11.9. The summed E-state index contributed by atoms with van der Waals surface area (Å²) in [6.45, 7) is 0. The zero-order chi connectivity index (χ0) is 15.9. The van der Waals surface area contributed by atoms with Gasteiger partial charge in [-0.3, -0.25) is 4.79 Å². The fourth-order valence-electron chi connectivity index (χ4n) is 2.91. The molecule has 2 aliphatic rings. The number of carbonyl (C=O) groups excluding carboxylic acids is 1. The average molecular weight is 383 g/mol. The molecule has 116 valence electrons. The zero-order valence-corrected chi connectivity index (χ0v) is 14.3. The van der Waals surface area contributed by atoms with Gasteiger partial charge in [0.1, 0.15) is 0 Å². The topological polar surface area (TPSA) is 70.6 Å². The molecule has 1 aliphatic carbocycles. The number of hydrogen-bond acceptors (Lipinski definition) is 4. The maximum Gasteiger partial charge on any atom is 0.171 e. The van der Waals surface area contributed by atoms with E-state index < -0.39 is 6.04 Å². The Morgan fingerprint density at radius 1 is 1.41 bits per heavy atom. The third-order valence-electron chi connectivity index (χ3n) is 3.88. The number of halogens is 1. The van der Waals surface area contributed by atoms with Crippen LogP contribution < -0.4 is 15.4 Å². The average Bonchev–Trinajstić information content (AvgIpc) is 2.48. The number of phenolic OH excluding ortho intramolecular Hbond substituents is 1. The van der Waals surface area contributed by atoms with Crippen LogP contribution in [0.1, 0.15) is 30.9 Å². The molecule has 0 bridgehead atoms.